The highest BCUT2D eigenvalue weighted by Crippen LogP contribution is 2.27. The number of piperidine rings is 1. The monoisotopic (exact) mass is 464 g/mol. The van der Waals surface area contributed by atoms with E-state index in [4.69, 9.17) is 11.6 Å². The van der Waals surface area contributed by atoms with Gasteiger partial charge in [-0.25, -0.2) is 9.07 Å². The maximum absolute atomic E-state index is 13.2. The molecule has 0 N–H and O–H groups in total. The van der Waals surface area contributed by atoms with Gasteiger partial charge in [-0.15, -0.1) is 10.2 Å². The Hall–Kier alpha value is -3.52. The lowest BCUT2D eigenvalue weighted by molar-refractivity contribution is -0.127. The summed E-state index contributed by atoms with van der Waals surface area (Å²) >= 11 is 6.53. The number of carbonyl (C=O) groups excluding carboxylic acids is 1. The van der Waals surface area contributed by atoms with Gasteiger partial charge in [-0.2, -0.15) is 5.10 Å². The van der Waals surface area contributed by atoms with Gasteiger partial charge in [0.2, 0.25) is 5.91 Å². The molecule has 1 fully saturated rings. The molecule has 1 aliphatic heterocycles. The fourth-order valence-corrected chi connectivity index (χ4v) is 4.58. The average molecular weight is 465 g/mol. The molecule has 4 heterocycles. The number of aryl methyl sites for hydroxylation is 1. The lowest BCUT2D eigenvalue weighted by Crippen LogP contribution is -2.38. The molecule has 7 nitrogen and oxygen atoms in total. The number of hydrogen-bond donors (Lipinski definition) is 0. The zero-order chi connectivity index (χ0) is 22.9. The second kappa shape index (κ2) is 8.78. The molecule has 1 aliphatic rings. The lowest BCUT2D eigenvalue weighted by atomic mass is 9.97. The van der Waals surface area contributed by atoms with Crippen molar-refractivity contribution in [2.75, 3.05) is 13.1 Å². The van der Waals surface area contributed by atoms with Crippen molar-refractivity contribution in [3.05, 3.63) is 82.8 Å². The van der Waals surface area contributed by atoms with Crippen LogP contribution >= 0.6 is 11.6 Å². The van der Waals surface area contributed by atoms with E-state index in [9.17, 15) is 9.18 Å². The van der Waals surface area contributed by atoms with E-state index in [-0.39, 0.29) is 17.6 Å². The van der Waals surface area contributed by atoms with Crippen LogP contribution < -0.4 is 0 Å². The molecule has 33 heavy (non-hydrogen) atoms. The minimum Gasteiger partial charge on any atom is -0.338 e. The SMILES string of the molecule is Cc1nn(-c2ccc(F)cc2)c(Cl)c1/C=C/C(=O)N1CCCC(c2nnc3ccccn23)C1. The standard InChI is InChI=1S/C24H22ClFN6O/c1-16-20(23(25)32(29-16)19-9-7-18(26)8-10-19)11-12-22(33)30-13-4-5-17(15-30)24-28-27-21-6-2-3-14-31(21)24/h2-3,6-12,14,17H,4-5,13,15H2,1H3/b12-11+. The van der Waals surface area contributed by atoms with E-state index >= 15 is 0 Å². The van der Waals surface area contributed by atoms with Crippen molar-refractivity contribution in [1.29, 1.82) is 0 Å². The third-order valence-corrected chi connectivity index (χ3v) is 6.31. The quantitative estimate of drug-likeness (QED) is 0.419. The molecule has 3 aromatic heterocycles. The van der Waals surface area contributed by atoms with Crippen LogP contribution in [-0.4, -0.2) is 48.3 Å². The first-order valence-corrected chi connectivity index (χ1v) is 11.2. The number of benzene rings is 1. The van der Waals surface area contributed by atoms with E-state index in [0.717, 1.165) is 24.3 Å². The molecule has 0 bridgehead atoms. The molecule has 1 saturated heterocycles. The van der Waals surface area contributed by atoms with Crippen LogP contribution in [0.5, 0.6) is 0 Å². The summed E-state index contributed by atoms with van der Waals surface area (Å²) in [5.41, 5.74) is 2.79. The topological polar surface area (TPSA) is 68.3 Å². The Balaban J connectivity index is 1.33. The van der Waals surface area contributed by atoms with Gasteiger partial charge in [0.05, 0.1) is 11.4 Å². The number of aromatic nitrogens is 5. The molecule has 0 aliphatic carbocycles. The van der Waals surface area contributed by atoms with Crippen LogP contribution in [0.2, 0.25) is 5.15 Å². The van der Waals surface area contributed by atoms with E-state index < -0.39 is 0 Å². The molecule has 0 radical (unpaired) electrons. The van der Waals surface area contributed by atoms with Gasteiger partial charge in [-0.3, -0.25) is 9.20 Å². The Bertz CT molecular complexity index is 1340. The number of rotatable bonds is 4. The number of amides is 1. The van der Waals surface area contributed by atoms with Gasteiger partial charge >= 0.3 is 0 Å². The third kappa shape index (κ3) is 4.14. The fraction of sp³-hybridized carbons (Fsp3) is 0.250. The number of hydrogen-bond acceptors (Lipinski definition) is 4. The first-order valence-electron chi connectivity index (χ1n) is 10.8. The van der Waals surface area contributed by atoms with Crippen LogP contribution in [0.3, 0.4) is 0 Å². The molecule has 0 spiro atoms. The van der Waals surface area contributed by atoms with Crippen molar-refractivity contribution in [3.8, 4) is 5.69 Å². The van der Waals surface area contributed by atoms with Crippen molar-refractivity contribution < 1.29 is 9.18 Å². The molecule has 5 rings (SSSR count). The van der Waals surface area contributed by atoms with Gasteiger partial charge in [-0.05, 0) is 62.2 Å². The minimum atomic E-state index is -0.330. The third-order valence-electron chi connectivity index (χ3n) is 5.95. The molecular weight excluding hydrogens is 443 g/mol. The number of fused-ring (bicyclic) bond motifs is 1. The average Bonchev–Trinajstić information content (AvgIpc) is 3.39. The molecule has 1 unspecified atom stereocenters. The van der Waals surface area contributed by atoms with Gasteiger partial charge in [0, 0.05) is 36.8 Å². The van der Waals surface area contributed by atoms with Crippen molar-refractivity contribution in [1.82, 2.24) is 29.3 Å². The number of nitrogens with zero attached hydrogens (tertiary/aromatic N) is 6. The second-order valence-electron chi connectivity index (χ2n) is 8.12. The van der Waals surface area contributed by atoms with Crippen molar-refractivity contribution in [2.45, 2.75) is 25.7 Å². The molecule has 1 amide bonds. The van der Waals surface area contributed by atoms with Gasteiger partial charge in [0.1, 0.15) is 16.8 Å². The predicted molar refractivity (Wildman–Crippen MR) is 124 cm³/mol. The summed E-state index contributed by atoms with van der Waals surface area (Å²) in [6.07, 6.45) is 7.04. The Morgan fingerprint density at radius 2 is 2.00 bits per heavy atom. The van der Waals surface area contributed by atoms with Crippen LogP contribution in [0.1, 0.15) is 35.8 Å². The van der Waals surface area contributed by atoms with E-state index in [0.29, 0.717) is 35.2 Å². The number of carbonyl (C=O) groups is 1. The van der Waals surface area contributed by atoms with Gasteiger partial charge < -0.3 is 4.90 Å². The Labute approximate surface area is 195 Å². The van der Waals surface area contributed by atoms with Crippen LogP contribution in [0.4, 0.5) is 4.39 Å². The normalized spacial score (nSPS) is 16.7. The zero-order valence-electron chi connectivity index (χ0n) is 18.0. The summed E-state index contributed by atoms with van der Waals surface area (Å²) in [6.45, 7) is 3.10. The first kappa shape index (κ1) is 21.3. The molecule has 9 heteroatoms. The predicted octanol–water partition coefficient (Wildman–Crippen LogP) is 4.44. The molecular formula is C24H22ClFN6O. The molecule has 1 atom stereocenters. The fourth-order valence-electron chi connectivity index (χ4n) is 4.24. The van der Waals surface area contributed by atoms with E-state index in [1.54, 1.807) is 18.2 Å². The molecule has 168 valence electrons. The summed E-state index contributed by atoms with van der Waals surface area (Å²) < 4.78 is 16.8. The van der Waals surface area contributed by atoms with Gasteiger partial charge in [-0.1, -0.05) is 17.7 Å². The highest BCUT2D eigenvalue weighted by molar-refractivity contribution is 6.31. The minimum absolute atomic E-state index is 0.0847. The highest BCUT2D eigenvalue weighted by atomic mass is 35.5. The largest absolute Gasteiger partial charge is 0.338 e. The van der Waals surface area contributed by atoms with Crippen LogP contribution in [0.25, 0.3) is 17.4 Å². The Morgan fingerprint density at radius 3 is 2.82 bits per heavy atom. The summed E-state index contributed by atoms with van der Waals surface area (Å²) in [4.78, 5) is 14.8. The number of likely N-dealkylation sites (tertiary alicyclic amines) is 1. The number of pyridine rings is 1. The molecule has 1 aromatic carbocycles. The highest BCUT2D eigenvalue weighted by Gasteiger charge is 2.27. The second-order valence-corrected chi connectivity index (χ2v) is 8.48. The van der Waals surface area contributed by atoms with Gasteiger partial charge in [0.25, 0.3) is 0 Å². The van der Waals surface area contributed by atoms with Crippen molar-refractivity contribution >= 4 is 29.2 Å². The lowest BCUT2D eigenvalue weighted by Gasteiger charge is -2.31. The van der Waals surface area contributed by atoms with E-state index in [1.165, 1.54) is 22.9 Å². The van der Waals surface area contributed by atoms with Crippen LogP contribution in [-0.2, 0) is 4.79 Å². The Kier molecular flexibility index (Phi) is 5.68. The van der Waals surface area contributed by atoms with Crippen molar-refractivity contribution in [3.63, 3.8) is 0 Å². The summed E-state index contributed by atoms with van der Waals surface area (Å²) in [6, 6.07) is 11.7. The molecule has 4 aromatic rings. The maximum Gasteiger partial charge on any atom is 0.246 e. The van der Waals surface area contributed by atoms with Crippen LogP contribution in [0, 0.1) is 12.7 Å². The van der Waals surface area contributed by atoms with E-state index in [2.05, 4.69) is 15.3 Å². The maximum atomic E-state index is 13.2. The van der Waals surface area contributed by atoms with Crippen LogP contribution in [0.15, 0.2) is 54.7 Å². The number of halogens is 2. The van der Waals surface area contributed by atoms with E-state index in [1.807, 2.05) is 40.6 Å². The zero-order valence-corrected chi connectivity index (χ0v) is 18.8. The summed E-state index contributed by atoms with van der Waals surface area (Å²) in [5.74, 6) is 0.591. The summed E-state index contributed by atoms with van der Waals surface area (Å²) in [7, 11) is 0. The van der Waals surface area contributed by atoms with Crippen molar-refractivity contribution in [2.24, 2.45) is 0 Å². The first-order chi connectivity index (χ1) is 16.0. The molecule has 0 saturated carbocycles. The summed E-state index contributed by atoms with van der Waals surface area (Å²) in [5, 5.41) is 13.4. The van der Waals surface area contributed by atoms with Gasteiger partial charge in [0.15, 0.2) is 5.65 Å². The smallest absolute Gasteiger partial charge is 0.246 e. The Morgan fingerprint density at radius 1 is 1.18 bits per heavy atom.